The fourth-order valence-electron chi connectivity index (χ4n) is 2.09. The summed E-state index contributed by atoms with van der Waals surface area (Å²) in [5.74, 6) is 6.69. The molecule has 2 rings (SSSR count). The minimum absolute atomic E-state index is 0.268. The smallest absolute Gasteiger partial charge is 0.268 e. The van der Waals surface area contributed by atoms with Crippen LogP contribution in [0.3, 0.4) is 0 Å². The normalized spacial score (nSPS) is 10.4. The van der Waals surface area contributed by atoms with E-state index in [9.17, 15) is 4.79 Å². The van der Waals surface area contributed by atoms with Gasteiger partial charge in [0.15, 0.2) is 0 Å². The van der Waals surface area contributed by atoms with Crippen LogP contribution < -0.4 is 16.0 Å². The average molecular weight is 274 g/mol. The lowest BCUT2D eigenvalue weighted by molar-refractivity contribution is 0.0952. The van der Waals surface area contributed by atoms with Gasteiger partial charge in [-0.3, -0.25) is 10.2 Å². The Morgan fingerprint density at radius 2 is 1.95 bits per heavy atom. The predicted molar refractivity (Wildman–Crippen MR) is 75.3 cm³/mol. The number of nitrogens with one attached hydrogen (secondary N) is 1. The van der Waals surface area contributed by atoms with E-state index in [0.717, 1.165) is 16.9 Å². The van der Waals surface area contributed by atoms with Crippen molar-refractivity contribution in [1.82, 2.24) is 5.43 Å². The zero-order chi connectivity index (χ0) is 14.7. The summed E-state index contributed by atoms with van der Waals surface area (Å²) >= 11 is 0. The molecule has 1 heterocycles. The number of carbonyl (C=O) groups is 1. The summed E-state index contributed by atoms with van der Waals surface area (Å²) in [5, 5.41) is 0. The first-order valence-corrected chi connectivity index (χ1v) is 6.32. The molecule has 0 saturated heterocycles. The zero-order valence-electron chi connectivity index (χ0n) is 11.8. The van der Waals surface area contributed by atoms with Crippen LogP contribution in [0, 0.1) is 20.8 Å². The van der Waals surface area contributed by atoms with Crippen LogP contribution >= 0.6 is 0 Å². The molecule has 0 aliphatic heterocycles. The standard InChI is InChI=1S/C15H18N2O3/c1-9-5-4-6-10(2)14(9)19-8-12-7-13(11(3)20-12)15(18)17-16/h4-7H,8,16H2,1-3H3,(H,17,18). The Bertz CT molecular complexity index is 612. The van der Waals surface area contributed by atoms with Crippen molar-refractivity contribution >= 4 is 5.91 Å². The van der Waals surface area contributed by atoms with E-state index < -0.39 is 0 Å². The Kier molecular flexibility index (Phi) is 4.10. The highest BCUT2D eigenvalue weighted by Gasteiger charge is 2.14. The van der Waals surface area contributed by atoms with Gasteiger partial charge < -0.3 is 9.15 Å². The molecule has 0 unspecified atom stereocenters. The summed E-state index contributed by atoms with van der Waals surface area (Å²) in [7, 11) is 0. The molecule has 5 heteroatoms. The lowest BCUT2D eigenvalue weighted by Gasteiger charge is -2.10. The second-order valence-corrected chi connectivity index (χ2v) is 4.67. The van der Waals surface area contributed by atoms with E-state index in [-0.39, 0.29) is 12.5 Å². The summed E-state index contributed by atoms with van der Waals surface area (Å²) < 4.78 is 11.3. The number of ether oxygens (including phenoxy) is 1. The molecule has 0 aliphatic rings. The van der Waals surface area contributed by atoms with Crippen LogP contribution in [-0.2, 0) is 6.61 Å². The number of carbonyl (C=O) groups excluding carboxylic acids is 1. The van der Waals surface area contributed by atoms with Gasteiger partial charge in [-0.15, -0.1) is 0 Å². The summed E-state index contributed by atoms with van der Waals surface area (Å²) in [5.41, 5.74) is 4.64. The number of para-hydroxylation sites is 1. The molecule has 20 heavy (non-hydrogen) atoms. The van der Waals surface area contributed by atoms with Crippen LogP contribution in [0.1, 0.15) is 33.0 Å². The molecule has 1 amide bonds. The van der Waals surface area contributed by atoms with Gasteiger partial charge in [0.05, 0.1) is 5.56 Å². The molecule has 1 aromatic heterocycles. The van der Waals surface area contributed by atoms with Gasteiger partial charge in [0.2, 0.25) is 0 Å². The van der Waals surface area contributed by atoms with Crippen LogP contribution in [0.4, 0.5) is 0 Å². The number of aryl methyl sites for hydroxylation is 3. The number of rotatable bonds is 4. The first-order valence-electron chi connectivity index (χ1n) is 6.32. The zero-order valence-corrected chi connectivity index (χ0v) is 11.8. The third-order valence-electron chi connectivity index (χ3n) is 3.11. The molecule has 106 valence electrons. The van der Waals surface area contributed by atoms with Crippen molar-refractivity contribution in [1.29, 1.82) is 0 Å². The largest absolute Gasteiger partial charge is 0.485 e. The van der Waals surface area contributed by atoms with E-state index in [2.05, 4.69) is 5.43 Å². The van der Waals surface area contributed by atoms with Crippen molar-refractivity contribution < 1.29 is 13.9 Å². The van der Waals surface area contributed by atoms with Crippen LogP contribution in [0.15, 0.2) is 28.7 Å². The van der Waals surface area contributed by atoms with E-state index in [0.29, 0.717) is 17.1 Å². The summed E-state index contributed by atoms with van der Waals surface area (Å²) in [6.45, 7) is 5.96. The molecule has 5 nitrogen and oxygen atoms in total. The third-order valence-corrected chi connectivity index (χ3v) is 3.11. The molecule has 0 fully saturated rings. The minimum atomic E-state index is -0.371. The van der Waals surface area contributed by atoms with Crippen LogP contribution in [0.25, 0.3) is 0 Å². The molecule has 2 aromatic rings. The summed E-state index contributed by atoms with van der Waals surface area (Å²) in [4.78, 5) is 11.5. The number of hydrogen-bond donors (Lipinski definition) is 2. The number of nitrogen functional groups attached to an aromatic ring is 1. The van der Waals surface area contributed by atoms with Gasteiger partial charge in [0, 0.05) is 0 Å². The quantitative estimate of drug-likeness (QED) is 0.510. The first-order chi connectivity index (χ1) is 9.52. The van der Waals surface area contributed by atoms with Crippen LogP contribution in [0.2, 0.25) is 0 Å². The van der Waals surface area contributed by atoms with Gasteiger partial charge in [-0.2, -0.15) is 0 Å². The number of hydrazine groups is 1. The van der Waals surface area contributed by atoms with Gasteiger partial charge >= 0.3 is 0 Å². The number of amides is 1. The Hall–Kier alpha value is -2.27. The molecule has 0 atom stereocenters. The van der Waals surface area contributed by atoms with E-state index in [1.54, 1.807) is 13.0 Å². The SMILES string of the molecule is Cc1cccc(C)c1OCc1cc(C(=O)NN)c(C)o1. The van der Waals surface area contributed by atoms with Gasteiger partial charge in [-0.05, 0) is 38.0 Å². The van der Waals surface area contributed by atoms with E-state index in [1.807, 2.05) is 32.0 Å². The lowest BCUT2D eigenvalue weighted by atomic mass is 10.1. The predicted octanol–water partition coefficient (Wildman–Crippen LogP) is 2.39. The molecule has 0 radical (unpaired) electrons. The van der Waals surface area contributed by atoms with Crippen molar-refractivity contribution in [3.63, 3.8) is 0 Å². The van der Waals surface area contributed by atoms with Crippen LogP contribution in [-0.4, -0.2) is 5.91 Å². The van der Waals surface area contributed by atoms with Crippen molar-refractivity contribution in [2.24, 2.45) is 5.84 Å². The van der Waals surface area contributed by atoms with Crippen molar-refractivity contribution in [3.05, 3.63) is 52.5 Å². The van der Waals surface area contributed by atoms with Crippen LogP contribution in [0.5, 0.6) is 5.75 Å². The van der Waals surface area contributed by atoms with Gasteiger partial charge in [0.1, 0.15) is 23.9 Å². The van der Waals surface area contributed by atoms with Crippen molar-refractivity contribution in [3.8, 4) is 5.75 Å². The minimum Gasteiger partial charge on any atom is -0.485 e. The highest BCUT2D eigenvalue weighted by molar-refractivity contribution is 5.94. The molecular weight excluding hydrogens is 256 g/mol. The Balaban J connectivity index is 2.14. The second-order valence-electron chi connectivity index (χ2n) is 4.67. The molecule has 0 bridgehead atoms. The monoisotopic (exact) mass is 274 g/mol. The van der Waals surface area contributed by atoms with Crippen molar-refractivity contribution in [2.45, 2.75) is 27.4 Å². The molecule has 0 aliphatic carbocycles. The number of benzene rings is 1. The average Bonchev–Trinajstić information content (AvgIpc) is 2.78. The summed E-state index contributed by atoms with van der Waals surface area (Å²) in [6, 6.07) is 7.61. The van der Waals surface area contributed by atoms with E-state index in [4.69, 9.17) is 15.0 Å². The fourth-order valence-corrected chi connectivity index (χ4v) is 2.09. The lowest BCUT2D eigenvalue weighted by Crippen LogP contribution is -2.30. The molecule has 0 spiro atoms. The number of furan rings is 1. The van der Waals surface area contributed by atoms with E-state index in [1.165, 1.54) is 0 Å². The topological polar surface area (TPSA) is 77.5 Å². The maximum Gasteiger partial charge on any atom is 0.268 e. The van der Waals surface area contributed by atoms with E-state index >= 15 is 0 Å². The van der Waals surface area contributed by atoms with Gasteiger partial charge in [-0.1, -0.05) is 18.2 Å². The maximum absolute atomic E-state index is 11.5. The molecule has 1 aromatic carbocycles. The highest BCUT2D eigenvalue weighted by Crippen LogP contribution is 2.24. The van der Waals surface area contributed by atoms with Gasteiger partial charge in [0.25, 0.3) is 5.91 Å². The Morgan fingerprint density at radius 1 is 1.30 bits per heavy atom. The highest BCUT2D eigenvalue weighted by atomic mass is 16.5. The number of hydrogen-bond acceptors (Lipinski definition) is 4. The molecule has 0 saturated carbocycles. The first kappa shape index (κ1) is 14.1. The van der Waals surface area contributed by atoms with Crippen molar-refractivity contribution in [2.75, 3.05) is 0 Å². The Morgan fingerprint density at radius 3 is 2.55 bits per heavy atom. The second kappa shape index (κ2) is 5.79. The molecule has 3 N–H and O–H groups in total. The fraction of sp³-hybridized carbons (Fsp3) is 0.267. The maximum atomic E-state index is 11.5. The summed E-state index contributed by atoms with van der Waals surface area (Å²) in [6.07, 6.45) is 0. The Labute approximate surface area is 117 Å². The number of nitrogens with two attached hydrogens (primary N) is 1. The molecular formula is C15H18N2O3. The van der Waals surface area contributed by atoms with Gasteiger partial charge in [-0.25, -0.2) is 5.84 Å². The third kappa shape index (κ3) is 2.83.